The molecule has 1 heterocycles. The van der Waals surface area contributed by atoms with Gasteiger partial charge in [-0.05, 0) is 43.5 Å². The predicted octanol–water partition coefficient (Wildman–Crippen LogP) is 3.51. The van der Waals surface area contributed by atoms with Gasteiger partial charge in [-0.2, -0.15) is 0 Å². The number of hydrogen-bond donors (Lipinski definition) is 1. The van der Waals surface area contributed by atoms with Crippen LogP contribution in [0.2, 0.25) is 0 Å². The number of halogens is 1. The maximum absolute atomic E-state index is 5.36. The molecule has 1 atom stereocenters. The van der Waals surface area contributed by atoms with Crippen LogP contribution in [-0.4, -0.2) is 19.8 Å². The molecule has 0 spiro atoms. The second kappa shape index (κ2) is 5.19. The summed E-state index contributed by atoms with van der Waals surface area (Å²) >= 11 is 3.58. The van der Waals surface area contributed by atoms with Gasteiger partial charge >= 0.3 is 0 Å². The first kappa shape index (κ1) is 11.9. The van der Waals surface area contributed by atoms with Crippen molar-refractivity contribution in [3.05, 3.63) is 27.7 Å². The highest BCUT2D eigenvalue weighted by molar-refractivity contribution is 9.10. The molecule has 0 saturated carbocycles. The lowest BCUT2D eigenvalue weighted by Crippen LogP contribution is -2.14. The van der Waals surface area contributed by atoms with E-state index in [1.165, 1.54) is 27.7 Å². The molecular formula is C13H18BrNO. The number of hydrogen-bond acceptors (Lipinski definition) is 2. The van der Waals surface area contributed by atoms with Crippen LogP contribution in [0.15, 0.2) is 16.6 Å². The van der Waals surface area contributed by atoms with Crippen molar-refractivity contribution in [2.24, 2.45) is 5.92 Å². The van der Waals surface area contributed by atoms with Gasteiger partial charge in [0.05, 0.1) is 6.61 Å². The Morgan fingerprint density at radius 1 is 1.38 bits per heavy atom. The average Bonchev–Trinajstić information content (AvgIpc) is 2.75. The third kappa shape index (κ3) is 2.77. The molecule has 2 rings (SSSR count). The molecule has 1 unspecified atom stereocenters. The minimum absolute atomic E-state index is 0.671. The van der Waals surface area contributed by atoms with Crippen molar-refractivity contribution < 1.29 is 4.74 Å². The number of benzene rings is 1. The second-order valence-corrected chi connectivity index (χ2v) is 5.33. The van der Waals surface area contributed by atoms with Crippen LogP contribution in [0.25, 0.3) is 0 Å². The zero-order valence-electron chi connectivity index (χ0n) is 9.85. The van der Waals surface area contributed by atoms with Gasteiger partial charge in [-0.25, -0.2) is 0 Å². The highest BCUT2D eigenvalue weighted by atomic mass is 79.9. The summed E-state index contributed by atoms with van der Waals surface area (Å²) in [5.41, 5.74) is 3.78. The van der Waals surface area contributed by atoms with Crippen LogP contribution in [0.3, 0.4) is 0 Å². The first-order valence-electron chi connectivity index (χ1n) is 5.75. The van der Waals surface area contributed by atoms with Crippen LogP contribution < -0.4 is 5.32 Å². The highest BCUT2D eigenvalue weighted by Crippen LogP contribution is 2.25. The van der Waals surface area contributed by atoms with Crippen LogP contribution in [0.4, 0.5) is 5.69 Å². The van der Waals surface area contributed by atoms with Crippen molar-refractivity contribution in [1.29, 1.82) is 0 Å². The third-order valence-corrected chi connectivity index (χ3v) is 4.31. The monoisotopic (exact) mass is 283 g/mol. The van der Waals surface area contributed by atoms with Crippen LogP contribution in [-0.2, 0) is 4.74 Å². The maximum atomic E-state index is 5.36. The molecule has 0 aliphatic carbocycles. The summed E-state index contributed by atoms with van der Waals surface area (Å²) in [5, 5.41) is 3.49. The van der Waals surface area contributed by atoms with Gasteiger partial charge in [-0.15, -0.1) is 0 Å². The van der Waals surface area contributed by atoms with Gasteiger partial charge in [-0.1, -0.05) is 15.9 Å². The first-order valence-corrected chi connectivity index (χ1v) is 6.54. The number of aryl methyl sites for hydroxylation is 2. The zero-order valence-corrected chi connectivity index (χ0v) is 11.4. The van der Waals surface area contributed by atoms with Crippen molar-refractivity contribution in [3.63, 3.8) is 0 Å². The molecule has 0 amide bonds. The van der Waals surface area contributed by atoms with Crippen molar-refractivity contribution in [3.8, 4) is 0 Å². The summed E-state index contributed by atoms with van der Waals surface area (Å²) in [5.74, 6) is 0.671. The first-order chi connectivity index (χ1) is 7.66. The molecule has 1 fully saturated rings. The molecule has 1 aliphatic rings. The Morgan fingerprint density at radius 2 is 2.06 bits per heavy atom. The molecular weight excluding hydrogens is 266 g/mol. The van der Waals surface area contributed by atoms with E-state index in [-0.39, 0.29) is 0 Å². The molecule has 0 aromatic heterocycles. The van der Waals surface area contributed by atoms with Crippen molar-refractivity contribution in [1.82, 2.24) is 0 Å². The van der Waals surface area contributed by atoms with E-state index in [0.717, 1.165) is 19.8 Å². The zero-order chi connectivity index (χ0) is 11.5. The average molecular weight is 284 g/mol. The van der Waals surface area contributed by atoms with Crippen LogP contribution in [0.1, 0.15) is 17.5 Å². The van der Waals surface area contributed by atoms with Gasteiger partial charge in [0.2, 0.25) is 0 Å². The molecule has 3 heteroatoms. The fourth-order valence-electron chi connectivity index (χ4n) is 2.05. The van der Waals surface area contributed by atoms with E-state index in [2.05, 4.69) is 47.2 Å². The number of anilines is 1. The Morgan fingerprint density at radius 3 is 2.62 bits per heavy atom. The lowest BCUT2D eigenvalue weighted by atomic mass is 10.1. The van der Waals surface area contributed by atoms with E-state index in [9.17, 15) is 0 Å². The normalized spacial score (nSPS) is 20.1. The summed E-state index contributed by atoms with van der Waals surface area (Å²) < 4.78 is 6.57. The summed E-state index contributed by atoms with van der Waals surface area (Å²) in [7, 11) is 0. The Balaban J connectivity index is 1.98. The molecule has 1 N–H and O–H groups in total. The van der Waals surface area contributed by atoms with E-state index in [1.807, 2.05) is 0 Å². The lowest BCUT2D eigenvalue weighted by molar-refractivity contribution is 0.187. The van der Waals surface area contributed by atoms with E-state index in [4.69, 9.17) is 4.74 Å². The largest absolute Gasteiger partial charge is 0.385 e. The predicted molar refractivity (Wildman–Crippen MR) is 71.0 cm³/mol. The summed E-state index contributed by atoms with van der Waals surface area (Å²) in [6.45, 7) is 7.09. The minimum atomic E-state index is 0.671. The molecule has 1 aliphatic heterocycles. The second-order valence-electron chi connectivity index (χ2n) is 4.53. The van der Waals surface area contributed by atoms with E-state index < -0.39 is 0 Å². The standard InChI is InChI=1S/C13H18BrNO/c1-9-5-12(6-10(2)13(9)14)15-7-11-3-4-16-8-11/h5-6,11,15H,3-4,7-8H2,1-2H3. The molecule has 88 valence electrons. The van der Waals surface area contributed by atoms with Gasteiger partial charge in [-0.3, -0.25) is 0 Å². The number of ether oxygens (including phenoxy) is 1. The molecule has 0 bridgehead atoms. The quantitative estimate of drug-likeness (QED) is 0.917. The van der Waals surface area contributed by atoms with Crippen LogP contribution >= 0.6 is 15.9 Å². The summed E-state index contributed by atoms with van der Waals surface area (Å²) in [6.07, 6.45) is 1.18. The number of rotatable bonds is 3. The Labute approximate surface area is 106 Å². The highest BCUT2D eigenvalue weighted by Gasteiger charge is 2.15. The van der Waals surface area contributed by atoms with Crippen LogP contribution in [0.5, 0.6) is 0 Å². The lowest BCUT2D eigenvalue weighted by Gasteiger charge is -2.13. The maximum Gasteiger partial charge on any atom is 0.0511 e. The van der Waals surface area contributed by atoms with Crippen molar-refractivity contribution >= 4 is 21.6 Å². The molecule has 0 radical (unpaired) electrons. The summed E-state index contributed by atoms with van der Waals surface area (Å²) in [4.78, 5) is 0. The van der Waals surface area contributed by atoms with Crippen molar-refractivity contribution in [2.75, 3.05) is 25.1 Å². The molecule has 1 aromatic carbocycles. The molecule has 1 aromatic rings. The molecule has 2 nitrogen and oxygen atoms in total. The number of nitrogens with one attached hydrogen (secondary N) is 1. The molecule has 16 heavy (non-hydrogen) atoms. The smallest absolute Gasteiger partial charge is 0.0511 e. The fraction of sp³-hybridized carbons (Fsp3) is 0.538. The Bertz CT molecular complexity index is 349. The Hall–Kier alpha value is -0.540. The third-order valence-electron chi connectivity index (χ3n) is 3.06. The minimum Gasteiger partial charge on any atom is -0.385 e. The summed E-state index contributed by atoms with van der Waals surface area (Å²) in [6, 6.07) is 4.37. The van der Waals surface area contributed by atoms with Gasteiger partial charge in [0.25, 0.3) is 0 Å². The molecule has 1 saturated heterocycles. The van der Waals surface area contributed by atoms with Gasteiger partial charge in [0.1, 0.15) is 0 Å². The Kier molecular flexibility index (Phi) is 3.87. The SMILES string of the molecule is Cc1cc(NCC2CCOC2)cc(C)c1Br. The van der Waals surface area contributed by atoms with E-state index >= 15 is 0 Å². The topological polar surface area (TPSA) is 21.3 Å². The van der Waals surface area contributed by atoms with Gasteiger partial charge in [0, 0.05) is 29.2 Å². The van der Waals surface area contributed by atoms with Crippen molar-refractivity contribution in [2.45, 2.75) is 20.3 Å². The van der Waals surface area contributed by atoms with Gasteiger partial charge in [0.15, 0.2) is 0 Å². The fourth-order valence-corrected chi connectivity index (χ4v) is 2.28. The van der Waals surface area contributed by atoms with Crippen LogP contribution in [0, 0.1) is 19.8 Å². The van der Waals surface area contributed by atoms with E-state index in [1.54, 1.807) is 0 Å². The van der Waals surface area contributed by atoms with E-state index in [0.29, 0.717) is 5.92 Å². The van der Waals surface area contributed by atoms with Gasteiger partial charge < -0.3 is 10.1 Å².